The van der Waals surface area contributed by atoms with Crippen molar-refractivity contribution in [3.63, 3.8) is 0 Å². The lowest BCUT2D eigenvalue weighted by Gasteiger charge is -2.37. The maximum atomic E-state index is 6.40. The molecule has 1 heterocycles. The smallest absolute Gasteiger partial charge is 0.192 e. The molecule has 1 rings (SSSR count). The minimum Gasteiger partial charge on any atom is -0.414 e. The van der Waals surface area contributed by atoms with Crippen LogP contribution >= 0.6 is 0 Å². The summed E-state index contributed by atoms with van der Waals surface area (Å²) in [5.74, 6) is -0.711. The van der Waals surface area contributed by atoms with Gasteiger partial charge in [-0.2, -0.15) is 0 Å². The van der Waals surface area contributed by atoms with E-state index in [2.05, 4.69) is 47.0 Å². The molecule has 0 N–H and O–H groups in total. The van der Waals surface area contributed by atoms with Gasteiger partial charge in [-0.3, -0.25) is 0 Å². The molecule has 0 aromatic carbocycles. The fraction of sp³-hybridized carbons (Fsp3) is 0.714. The summed E-state index contributed by atoms with van der Waals surface area (Å²) in [6.45, 7) is 23.2. The average molecular weight is 399 g/mol. The van der Waals surface area contributed by atoms with Crippen molar-refractivity contribution in [3.8, 4) is 0 Å². The SMILES string of the molecule is C=CC(C=C)=C[C@H](OCOC)[C@H]1OC(C)(C)O[C@H]1CO[Si](C)(C)C(C)(C)C. The number of methoxy groups -OCH3 is 1. The first kappa shape index (κ1) is 24.3. The molecule has 5 nitrogen and oxygen atoms in total. The highest BCUT2D eigenvalue weighted by molar-refractivity contribution is 6.74. The van der Waals surface area contributed by atoms with Gasteiger partial charge in [-0.25, -0.2) is 0 Å². The summed E-state index contributed by atoms with van der Waals surface area (Å²) < 4.78 is 29.7. The van der Waals surface area contributed by atoms with Crippen LogP contribution in [0.15, 0.2) is 37.0 Å². The van der Waals surface area contributed by atoms with Crippen LogP contribution in [0.1, 0.15) is 34.6 Å². The Hall–Kier alpha value is -0.763. The maximum absolute atomic E-state index is 6.40. The highest BCUT2D eigenvalue weighted by Crippen LogP contribution is 2.38. The molecule has 0 amide bonds. The van der Waals surface area contributed by atoms with Crippen LogP contribution < -0.4 is 0 Å². The standard InChI is InChI=1S/C21H38O5Si/c1-11-16(12-2)13-17(23-15-22-8)19-18(25-21(6,7)26-19)14-24-27(9,10)20(3,4)5/h11-13,17-19H,1-2,14-15H2,3-10H3/t17-,18-,19+/m0/s1. The fourth-order valence-corrected chi connectivity index (χ4v) is 3.58. The highest BCUT2D eigenvalue weighted by Gasteiger charge is 2.47. The van der Waals surface area contributed by atoms with E-state index in [0.717, 1.165) is 5.57 Å². The second kappa shape index (κ2) is 9.63. The summed E-state index contributed by atoms with van der Waals surface area (Å²) in [5.41, 5.74) is 0.869. The maximum Gasteiger partial charge on any atom is 0.192 e. The van der Waals surface area contributed by atoms with Crippen LogP contribution in [-0.2, 0) is 23.4 Å². The summed E-state index contributed by atoms with van der Waals surface area (Å²) >= 11 is 0. The third-order valence-electron chi connectivity index (χ3n) is 5.17. The van der Waals surface area contributed by atoms with Crippen LogP contribution in [-0.4, -0.2) is 52.9 Å². The lowest BCUT2D eigenvalue weighted by atomic mass is 10.1. The van der Waals surface area contributed by atoms with Crippen molar-refractivity contribution in [2.75, 3.05) is 20.5 Å². The van der Waals surface area contributed by atoms with Gasteiger partial charge in [0.25, 0.3) is 0 Å². The van der Waals surface area contributed by atoms with Crippen molar-refractivity contribution in [1.29, 1.82) is 0 Å². The summed E-state index contributed by atoms with van der Waals surface area (Å²) in [5, 5.41) is 0.127. The van der Waals surface area contributed by atoms with Gasteiger partial charge in [0.1, 0.15) is 25.1 Å². The molecule has 156 valence electrons. The van der Waals surface area contributed by atoms with Crippen LogP contribution in [0.3, 0.4) is 0 Å². The molecule has 1 aliphatic rings. The molecule has 0 radical (unpaired) electrons. The van der Waals surface area contributed by atoms with Gasteiger partial charge in [0, 0.05) is 7.11 Å². The van der Waals surface area contributed by atoms with E-state index >= 15 is 0 Å². The van der Waals surface area contributed by atoms with Crippen molar-refractivity contribution < 1.29 is 23.4 Å². The second-order valence-corrected chi connectivity index (χ2v) is 13.6. The van der Waals surface area contributed by atoms with Gasteiger partial charge in [0.15, 0.2) is 14.1 Å². The molecule has 0 aromatic heterocycles. The van der Waals surface area contributed by atoms with E-state index in [1.165, 1.54) is 0 Å². The molecular formula is C21H38O5Si. The molecule has 0 aliphatic carbocycles. The topological polar surface area (TPSA) is 46.2 Å². The summed E-state index contributed by atoms with van der Waals surface area (Å²) in [7, 11) is -0.309. The molecule has 1 saturated heterocycles. The van der Waals surface area contributed by atoms with Gasteiger partial charge in [-0.1, -0.05) is 46.1 Å². The van der Waals surface area contributed by atoms with E-state index in [0.29, 0.717) is 6.61 Å². The third-order valence-corrected chi connectivity index (χ3v) is 9.67. The average Bonchev–Trinajstić information content (AvgIpc) is 2.87. The van der Waals surface area contributed by atoms with Gasteiger partial charge in [-0.15, -0.1) is 0 Å². The van der Waals surface area contributed by atoms with Gasteiger partial charge in [-0.05, 0) is 43.6 Å². The first-order valence-corrected chi connectivity index (χ1v) is 12.3. The summed E-state index contributed by atoms with van der Waals surface area (Å²) in [4.78, 5) is 0. The Bertz CT molecular complexity index is 523. The van der Waals surface area contributed by atoms with Crippen LogP contribution in [0.4, 0.5) is 0 Å². The summed E-state index contributed by atoms with van der Waals surface area (Å²) in [6.07, 6.45) is 4.47. The second-order valence-electron chi connectivity index (χ2n) is 8.82. The number of rotatable bonds is 10. The Morgan fingerprint density at radius 3 is 2.26 bits per heavy atom. The molecule has 0 bridgehead atoms. The zero-order chi connectivity index (χ0) is 20.9. The number of hydrogen-bond acceptors (Lipinski definition) is 5. The quantitative estimate of drug-likeness (QED) is 0.300. The van der Waals surface area contributed by atoms with Crippen LogP contribution in [0.25, 0.3) is 0 Å². The Balaban J connectivity index is 3.04. The van der Waals surface area contributed by atoms with Gasteiger partial charge in [0.05, 0.1) is 6.61 Å². The van der Waals surface area contributed by atoms with E-state index in [9.17, 15) is 0 Å². The van der Waals surface area contributed by atoms with Crippen LogP contribution in [0.5, 0.6) is 0 Å². The molecule has 1 fully saturated rings. The first-order chi connectivity index (χ1) is 12.4. The minimum absolute atomic E-state index is 0.127. The Labute approximate surface area is 166 Å². The molecule has 3 atom stereocenters. The Morgan fingerprint density at radius 1 is 1.19 bits per heavy atom. The van der Waals surface area contributed by atoms with E-state index in [4.69, 9.17) is 23.4 Å². The Kier molecular flexibility index (Phi) is 8.66. The predicted octanol–water partition coefficient (Wildman–Crippen LogP) is 4.82. The van der Waals surface area contributed by atoms with E-state index in [1.54, 1.807) is 19.3 Å². The number of hydrogen-bond donors (Lipinski definition) is 0. The first-order valence-electron chi connectivity index (χ1n) is 9.43. The molecule has 0 unspecified atom stereocenters. The molecule has 1 aliphatic heterocycles. The molecule has 0 spiro atoms. The van der Waals surface area contributed by atoms with Crippen molar-refractivity contribution in [1.82, 2.24) is 0 Å². The molecule has 27 heavy (non-hydrogen) atoms. The highest BCUT2D eigenvalue weighted by atomic mass is 28.4. The molecular weight excluding hydrogens is 360 g/mol. The molecule has 0 saturated carbocycles. The summed E-state index contributed by atoms with van der Waals surface area (Å²) in [6, 6.07) is 0. The number of ether oxygens (including phenoxy) is 4. The Morgan fingerprint density at radius 2 is 1.78 bits per heavy atom. The largest absolute Gasteiger partial charge is 0.414 e. The predicted molar refractivity (Wildman–Crippen MR) is 112 cm³/mol. The van der Waals surface area contributed by atoms with Crippen LogP contribution in [0, 0.1) is 0 Å². The van der Waals surface area contributed by atoms with Crippen LogP contribution in [0.2, 0.25) is 18.1 Å². The molecule has 6 heteroatoms. The van der Waals surface area contributed by atoms with Crippen molar-refractivity contribution >= 4 is 8.32 Å². The van der Waals surface area contributed by atoms with E-state index < -0.39 is 14.1 Å². The number of allylic oxidation sites excluding steroid dienone is 3. The van der Waals surface area contributed by atoms with Gasteiger partial charge < -0.3 is 23.4 Å². The normalized spacial score (nSPS) is 23.7. The van der Waals surface area contributed by atoms with Crippen molar-refractivity contribution in [2.24, 2.45) is 0 Å². The monoisotopic (exact) mass is 398 g/mol. The zero-order valence-electron chi connectivity index (χ0n) is 18.3. The lowest BCUT2D eigenvalue weighted by Crippen LogP contribution is -2.46. The van der Waals surface area contributed by atoms with Crippen molar-refractivity contribution in [3.05, 3.63) is 37.0 Å². The minimum atomic E-state index is -1.90. The lowest BCUT2D eigenvalue weighted by molar-refractivity contribution is -0.164. The zero-order valence-corrected chi connectivity index (χ0v) is 19.3. The van der Waals surface area contributed by atoms with E-state index in [-0.39, 0.29) is 30.1 Å². The molecule has 0 aromatic rings. The third kappa shape index (κ3) is 6.96. The van der Waals surface area contributed by atoms with Gasteiger partial charge >= 0.3 is 0 Å². The fourth-order valence-electron chi connectivity index (χ4n) is 2.57. The van der Waals surface area contributed by atoms with E-state index in [1.807, 2.05) is 19.9 Å². The van der Waals surface area contributed by atoms with Crippen molar-refractivity contribution in [2.45, 2.75) is 76.8 Å². The van der Waals surface area contributed by atoms with Gasteiger partial charge in [0.2, 0.25) is 0 Å².